The Labute approximate surface area is 101 Å². The molecule has 0 bridgehead atoms. The molecule has 1 saturated heterocycles. The second kappa shape index (κ2) is 6.04. The highest BCUT2D eigenvalue weighted by Crippen LogP contribution is 2.09. The molecule has 0 amide bonds. The predicted molar refractivity (Wildman–Crippen MR) is 62.4 cm³/mol. The molecule has 0 radical (unpaired) electrons. The fraction of sp³-hybridized carbons (Fsp3) is 0.900. The molecule has 1 aromatic heterocycles. The first-order valence-corrected chi connectivity index (χ1v) is 6.05. The van der Waals surface area contributed by atoms with Gasteiger partial charge in [-0.2, -0.15) is 4.80 Å². The number of nitrogens with one attached hydrogen (secondary N) is 1. The van der Waals surface area contributed by atoms with E-state index in [9.17, 15) is 0 Å². The maximum atomic E-state index is 5.51. The molecular formula is C10H20N6O. The molecule has 1 aromatic rings. The number of hydrogen-bond acceptors (Lipinski definition) is 6. The van der Waals surface area contributed by atoms with E-state index in [1.165, 1.54) is 4.80 Å². The van der Waals surface area contributed by atoms with Crippen LogP contribution in [-0.4, -0.2) is 64.0 Å². The number of aromatic nitrogens is 4. The van der Waals surface area contributed by atoms with Gasteiger partial charge in [0.2, 0.25) is 0 Å². The van der Waals surface area contributed by atoms with Crippen molar-refractivity contribution < 1.29 is 4.74 Å². The van der Waals surface area contributed by atoms with Gasteiger partial charge in [0.25, 0.3) is 0 Å². The Morgan fingerprint density at radius 2 is 2.41 bits per heavy atom. The van der Waals surface area contributed by atoms with E-state index in [-0.39, 0.29) is 0 Å². The first-order valence-electron chi connectivity index (χ1n) is 6.05. The van der Waals surface area contributed by atoms with Gasteiger partial charge in [0, 0.05) is 19.1 Å². The zero-order chi connectivity index (χ0) is 12.1. The summed E-state index contributed by atoms with van der Waals surface area (Å²) in [5, 5.41) is 15.4. The normalized spacial score (nSPS) is 21.9. The summed E-state index contributed by atoms with van der Waals surface area (Å²) < 4.78 is 5.51. The average Bonchev–Trinajstić information content (AvgIpc) is 2.74. The van der Waals surface area contributed by atoms with E-state index in [4.69, 9.17) is 4.74 Å². The van der Waals surface area contributed by atoms with Crippen molar-refractivity contribution in [2.24, 2.45) is 7.05 Å². The molecule has 17 heavy (non-hydrogen) atoms. The van der Waals surface area contributed by atoms with Gasteiger partial charge >= 0.3 is 0 Å². The van der Waals surface area contributed by atoms with Gasteiger partial charge in [-0.25, -0.2) is 0 Å². The van der Waals surface area contributed by atoms with Crippen molar-refractivity contribution >= 4 is 0 Å². The summed E-state index contributed by atoms with van der Waals surface area (Å²) in [5.41, 5.74) is 0. The highest BCUT2D eigenvalue weighted by molar-refractivity contribution is 4.83. The first kappa shape index (κ1) is 12.4. The molecule has 96 valence electrons. The second-order valence-electron chi connectivity index (χ2n) is 4.20. The van der Waals surface area contributed by atoms with Crippen LogP contribution in [0.25, 0.3) is 0 Å². The summed E-state index contributed by atoms with van der Waals surface area (Å²) in [6.07, 6.45) is 0. The van der Waals surface area contributed by atoms with Crippen molar-refractivity contribution in [3.8, 4) is 0 Å². The smallest absolute Gasteiger partial charge is 0.188 e. The summed E-state index contributed by atoms with van der Waals surface area (Å²) >= 11 is 0. The van der Waals surface area contributed by atoms with Gasteiger partial charge in [-0.15, -0.1) is 10.2 Å². The maximum absolute atomic E-state index is 5.51. The lowest BCUT2D eigenvalue weighted by Crippen LogP contribution is -2.50. The van der Waals surface area contributed by atoms with Crippen LogP contribution in [0.4, 0.5) is 0 Å². The summed E-state index contributed by atoms with van der Waals surface area (Å²) in [4.78, 5) is 3.85. The van der Waals surface area contributed by atoms with E-state index in [0.717, 1.165) is 45.2 Å². The van der Waals surface area contributed by atoms with Gasteiger partial charge in [-0.1, -0.05) is 6.92 Å². The second-order valence-corrected chi connectivity index (χ2v) is 4.20. The third kappa shape index (κ3) is 3.45. The van der Waals surface area contributed by atoms with Crippen LogP contribution in [0, 0.1) is 0 Å². The standard InChI is InChI=1S/C10H20N6O/c1-3-11-6-9-8-17-5-4-16(9)7-10-12-14-15(2)13-10/h9,11H,3-8H2,1-2H3. The number of aryl methyl sites for hydroxylation is 1. The van der Waals surface area contributed by atoms with Crippen molar-refractivity contribution in [1.82, 2.24) is 30.4 Å². The van der Waals surface area contributed by atoms with Crippen molar-refractivity contribution in [2.45, 2.75) is 19.5 Å². The van der Waals surface area contributed by atoms with Crippen molar-refractivity contribution in [3.63, 3.8) is 0 Å². The molecule has 2 rings (SSSR count). The van der Waals surface area contributed by atoms with Gasteiger partial charge < -0.3 is 10.1 Å². The fourth-order valence-electron chi connectivity index (χ4n) is 1.96. The van der Waals surface area contributed by atoms with Gasteiger partial charge in [0.05, 0.1) is 26.8 Å². The quantitative estimate of drug-likeness (QED) is 0.713. The Bertz CT molecular complexity index is 341. The molecule has 1 fully saturated rings. The number of ether oxygens (including phenoxy) is 1. The molecule has 1 aliphatic heterocycles. The lowest BCUT2D eigenvalue weighted by molar-refractivity contribution is -0.0119. The summed E-state index contributed by atoms with van der Waals surface area (Å²) in [7, 11) is 1.78. The number of hydrogen-bond donors (Lipinski definition) is 1. The SMILES string of the molecule is CCNCC1COCCN1Cc1nnn(C)n1. The zero-order valence-electron chi connectivity index (χ0n) is 10.5. The molecule has 0 spiro atoms. The molecular weight excluding hydrogens is 220 g/mol. The van der Waals surface area contributed by atoms with E-state index >= 15 is 0 Å². The van der Waals surface area contributed by atoms with Crippen LogP contribution in [0.15, 0.2) is 0 Å². The molecule has 1 atom stereocenters. The van der Waals surface area contributed by atoms with Gasteiger partial charge in [0.15, 0.2) is 5.82 Å². The van der Waals surface area contributed by atoms with Crippen LogP contribution in [0.3, 0.4) is 0 Å². The Balaban J connectivity index is 1.91. The van der Waals surface area contributed by atoms with Crippen molar-refractivity contribution in [3.05, 3.63) is 5.82 Å². The lowest BCUT2D eigenvalue weighted by Gasteiger charge is -2.34. The van der Waals surface area contributed by atoms with Crippen LogP contribution >= 0.6 is 0 Å². The topological polar surface area (TPSA) is 68.1 Å². The predicted octanol–water partition coefficient (Wildman–Crippen LogP) is -0.980. The Morgan fingerprint density at radius 1 is 1.53 bits per heavy atom. The fourth-order valence-corrected chi connectivity index (χ4v) is 1.96. The van der Waals surface area contributed by atoms with E-state index in [1.54, 1.807) is 7.05 Å². The van der Waals surface area contributed by atoms with Crippen LogP contribution in [0.1, 0.15) is 12.7 Å². The van der Waals surface area contributed by atoms with Crippen molar-refractivity contribution in [1.29, 1.82) is 0 Å². The van der Waals surface area contributed by atoms with Crippen molar-refractivity contribution in [2.75, 3.05) is 32.8 Å². The Hall–Kier alpha value is -1.05. The van der Waals surface area contributed by atoms with E-state index < -0.39 is 0 Å². The number of morpholine rings is 1. The number of nitrogens with zero attached hydrogens (tertiary/aromatic N) is 5. The summed E-state index contributed by atoms with van der Waals surface area (Å²) in [6.45, 7) is 7.25. The minimum atomic E-state index is 0.396. The van der Waals surface area contributed by atoms with E-state index in [0.29, 0.717) is 6.04 Å². The lowest BCUT2D eigenvalue weighted by atomic mass is 10.2. The van der Waals surface area contributed by atoms with Crippen LogP contribution in [0.5, 0.6) is 0 Å². The molecule has 2 heterocycles. The molecule has 0 aliphatic carbocycles. The number of likely N-dealkylation sites (N-methyl/N-ethyl adjacent to an activating group) is 1. The molecule has 1 aliphatic rings. The van der Waals surface area contributed by atoms with Gasteiger partial charge in [-0.3, -0.25) is 4.90 Å². The molecule has 7 heteroatoms. The molecule has 0 aromatic carbocycles. The van der Waals surface area contributed by atoms with Gasteiger partial charge in [-0.05, 0) is 11.8 Å². The minimum absolute atomic E-state index is 0.396. The van der Waals surface area contributed by atoms with E-state index in [1.807, 2.05) is 0 Å². The zero-order valence-corrected chi connectivity index (χ0v) is 10.5. The minimum Gasteiger partial charge on any atom is -0.378 e. The highest BCUT2D eigenvalue weighted by Gasteiger charge is 2.23. The average molecular weight is 240 g/mol. The third-order valence-corrected chi connectivity index (χ3v) is 2.87. The number of rotatable bonds is 5. The summed E-state index contributed by atoms with van der Waals surface area (Å²) in [6, 6.07) is 0.396. The van der Waals surface area contributed by atoms with E-state index in [2.05, 4.69) is 32.6 Å². The number of tetrazole rings is 1. The summed E-state index contributed by atoms with van der Waals surface area (Å²) in [5.74, 6) is 0.774. The Morgan fingerprint density at radius 3 is 3.12 bits per heavy atom. The van der Waals surface area contributed by atoms with Crippen LogP contribution in [0.2, 0.25) is 0 Å². The molecule has 0 saturated carbocycles. The Kier molecular flexibility index (Phi) is 4.41. The van der Waals surface area contributed by atoms with Crippen LogP contribution < -0.4 is 5.32 Å². The first-order chi connectivity index (χ1) is 8.29. The monoisotopic (exact) mass is 240 g/mol. The van der Waals surface area contributed by atoms with Crippen LogP contribution in [-0.2, 0) is 18.3 Å². The molecule has 1 unspecified atom stereocenters. The highest BCUT2D eigenvalue weighted by atomic mass is 16.5. The molecule has 7 nitrogen and oxygen atoms in total. The molecule has 1 N–H and O–H groups in total. The maximum Gasteiger partial charge on any atom is 0.188 e. The largest absolute Gasteiger partial charge is 0.378 e. The third-order valence-electron chi connectivity index (χ3n) is 2.87. The van der Waals surface area contributed by atoms with Gasteiger partial charge in [0.1, 0.15) is 0 Å².